The van der Waals surface area contributed by atoms with Crippen LogP contribution in [0, 0.1) is 5.82 Å². The molecule has 6 heteroatoms. The van der Waals surface area contributed by atoms with Gasteiger partial charge in [-0.1, -0.05) is 30.3 Å². The van der Waals surface area contributed by atoms with Crippen molar-refractivity contribution in [3.63, 3.8) is 0 Å². The zero-order chi connectivity index (χ0) is 18.9. The van der Waals surface area contributed by atoms with Crippen molar-refractivity contribution >= 4 is 11.6 Å². The summed E-state index contributed by atoms with van der Waals surface area (Å²) in [5.41, 5.74) is 3.44. The van der Waals surface area contributed by atoms with Gasteiger partial charge in [0, 0.05) is 38.9 Å². The summed E-state index contributed by atoms with van der Waals surface area (Å²) in [5.74, 6) is 0.540. The van der Waals surface area contributed by atoms with Gasteiger partial charge in [-0.3, -0.25) is 4.99 Å². The molecule has 0 amide bonds. The van der Waals surface area contributed by atoms with Crippen LogP contribution in [0.3, 0.4) is 0 Å². The fraction of sp³-hybridized carbons (Fsp3) is 0.381. The van der Waals surface area contributed by atoms with E-state index >= 15 is 0 Å². The average molecular weight is 370 g/mol. The summed E-state index contributed by atoms with van der Waals surface area (Å²) in [4.78, 5) is 6.64. The molecular weight excluding hydrogens is 343 g/mol. The highest BCUT2D eigenvalue weighted by atomic mass is 19.1. The van der Waals surface area contributed by atoms with Crippen LogP contribution in [-0.4, -0.2) is 45.9 Å². The summed E-state index contributed by atoms with van der Waals surface area (Å²) in [5, 5.41) is 6.66. The van der Waals surface area contributed by atoms with Gasteiger partial charge in [0.15, 0.2) is 5.96 Å². The Bertz CT molecular complexity index is 759. The number of anilines is 1. The summed E-state index contributed by atoms with van der Waals surface area (Å²) >= 11 is 0. The molecule has 144 valence electrons. The molecule has 3 rings (SSSR count). The average Bonchev–Trinajstić information content (AvgIpc) is 2.71. The minimum absolute atomic E-state index is 0.199. The zero-order valence-electron chi connectivity index (χ0n) is 15.7. The Hall–Kier alpha value is -2.60. The number of morpholine rings is 1. The molecule has 0 aliphatic carbocycles. The maximum Gasteiger partial charge on any atom is 0.191 e. The number of nitrogens with zero attached hydrogens (tertiary/aromatic N) is 2. The Kier molecular flexibility index (Phi) is 7.04. The predicted octanol–water partition coefficient (Wildman–Crippen LogP) is 2.57. The largest absolute Gasteiger partial charge is 0.378 e. The van der Waals surface area contributed by atoms with Gasteiger partial charge in [-0.05, 0) is 35.7 Å². The fourth-order valence-corrected chi connectivity index (χ4v) is 3.19. The first-order chi connectivity index (χ1) is 13.3. The first-order valence-corrected chi connectivity index (χ1v) is 9.36. The topological polar surface area (TPSA) is 48.9 Å². The lowest BCUT2D eigenvalue weighted by atomic mass is 10.1. The number of nitrogens with one attached hydrogen (secondary N) is 2. The van der Waals surface area contributed by atoms with Crippen molar-refractivity contribution in [1.29, 1.82) is 0 Å². The Balaban J connectivity index is 1.52. The van der Waals surface area contributed by atoms with E-state index in [0.717, 1.165) is 44.2 Å². The number of aliphatic imine (C=N–C) groups is 1. The SMILES string of the molecule is CN=C(NCCc1cccc(F)c1)NCc1ccccc1N1CCOCC1. The number of hydrogen-bond acceptors (Lipinski definition) is 3. The zero-order valence-corrected chi connectivity index (χ0v) is 15.7. The van der Waals surface area contributed by atoms with Crippen molar-refractivity contribution in [1.82, 2.24) is 10.6 Å². The maximum absolute atomic E-state index is 13.3. The molecule has 1 heterocycles. The molecule has 27 heavy (non-hydrogen) atoms. The van der Waals surface area contributed by atoms with Crippen LogP contribution in [0.5, 0.6) is 0 Å². The highest BCUT2D eigenvalue weighted by Crippen LogP contribution is 2.21. The third kappa shape index (κ3) is 5.69. The summed E-state index contributed by atoms with van der Waals surface area (Å²) in [6, 6.07) is 15.1. The van der Waals surface area contributed by atoms with E-state index in [1.807, 2.05) is 6.07 Å². The van der Waals surface area contributed by atoms with Gasteiger partial charge in [-0.2, -0.15) is 0 Å². The molecule has 2 aromatic carbocycles. The Morgan fingerprint density at radius 2 is 1.93 bits per heavy atom. The maximum atomic E-state index is 13.3. The van der Waals surface area contributed by atoms with E-state index in [9.17, 15) is 4.39 Å². The Labute approximate surface area is 160 Å². The van der Waals surface area contributed by atoms with Crippen LogP contribution in [0.25, 0.3) is 0 Å². The highest BCUT2D eigenvalue weighted by Gasteiger charge is 2.14. The van der Waals surface area contributed by atoms with E-state index in [4.69, 9.17) is 4.74 Å². The lowest BCUT2D eigenvalue weighted by Crippen LogP contribution is -2.39. The summed E-state index contributed by atoms with van der Waals surface area (Å²) in [7, 11) is 1.76. The third-order valence-electron chi connectivity index (χ3n) is 4.61. The van der Waals surface area contributed by atoms with E-state index in [0.29, 0.717) is 13.1 Å². The lowest BCUT2D eigenvalue weighted by molar-refractivity contribution is 0.122. The smallest absolute Gasteiger partial charge is 0.191 e. The molecule has 1 saturated heterocycles. The minimum atomic E-state index is -0.199. The predicted molar refractivity (Wildman–Crippen MR) is 108 cm³/mol. The fourth-order valence-electron chi connectivity index (χ4n) is 3.19. The van der Waals surface area contributed by atoms with Gasteiger partial charge in [0.05, 0.1) is 13.2 Å². The van der Waals surface area contributed by atoms with Gasteiger partial charge in [0.2, 0.25) is 0 Å². The molecule has 0 aromatic heterocycles. The van der Waals surface area contributed by atoms with Crippen LogP contribution in [-0.2, 0) is 17.7 Å². The number of benzene rings is 2. The summed E-state index contributed by atoms with van der Waals surface area (Å²) < 4.78 is 18.7. The quantitative estimate of drug-likeness (QED) is 0.606. The van der Waals surface area contributed by atoms with Gasteiger partial charge in [0.25, 0.3) is 0 Å². The first-order valence-electron chi connectivity index (χ1n) is 9.36. The van der Waals surface area contributed by atoms with Crippen LogP contribution in [0.15, 0.2) is 53.5 Å². The van der Waals surface area contributed by atoms with Crippen molar-refractivity contribution in [2.45, 2.75) is 13.0 Å². The van der Waals surface area contributed by atoms with Gasteiger partial charge < -0.3 is 20.3 Å². The highest BCUT2D eigenvalue weighted by molar-refractivity contribution is 5.79. The summed E-state index contributed by atoms with van der Waals surface area (Å²) in [6.07, 6.45) is 0.739. The van der Waals surface area contributed by atoms with Gasteiger partial charge in [-0.25, -0.2) is 4.39 Å². The normalized spacial score (nSPS) is 14.9. The van der Waals surface area contributed by atoms with E-state index in [1.165, 1.54) is 17.3 Å². The van der Waals surface area contributed by atoms with E-state index in [2.05, 4.69) is 44.8 Å². The number of para-hydroxylation sites is 1. The van der Waals surface area contributed by atoms with Gasteiger partial charge in [0.1, 0.15) is 5.82 Å². The Morgan fingerprint density at radius 1 is 1.11 bits per heavy atom. The number of ether oxygens (including phenoxy) is 1. The molecule has 5 nitrogen and oxygen atoms in total. The van der Waals surface area contributed by atoms with E-state index in [-0.39, 0.29) is 5.82 Å². The number of rotatable bonds is 6. The molecule has 1 aliphatic heterocycles. The summed E-state index contributed by atoms with van der Waals surface area (Å²) in [6.45, 7) is 4.74. The number of halogens is 1. The van der Waals surface area contributed by atoms with Gasteiger partial charge >= 0.3 is 0 Å². The second-order valence-electron chi connectivity index (χ2n) is 6.46. The second kappa shape index (κ2) is 9.92. The molecule has 2 N–H and O–H groups in total. The minimum Gasteiger partial charge on any atom is -0.378 e. The standard InChI is InChI=1S/C21H27FN4O/c1-23-21(24-10-9-17-5-4-7-19(22)15-17)25-16-18-6-2-3-8-20(18)26-11-13-27-14-12-26/h2-8,15H,9-14,16H2,1H3,(H2,23,24,25). The van der Waals surface area contributed by atoms with Crippen LogP contribution < -0.4 is 15.5 Å². The van der Waals surface area contributed by atoms with Crippen molar-refractivity contribution in [2.75, 3.05) is 44.8 Å². The third-order valence-corrected chi connectivity index (χ3v) is 4.61. The number of guanidine groups is 1. The molecular formula is C21H27FN4O. The molecule has 0 radical (unpaired) electrons. The van der Waals surface area contributed by atoms with Crippen molar-refractivity contribution < 1.29 is 9.13 Å². The molecule has 0 bridgehead atoms. The monoisotopic (exact) mass is 370 g/mol. The molecule has 0 atom stereocenters. The number of hydrogen-bond donors (Lipinski definition) is 2. The molecule has 1 aliphatic rings. The van der Waals surface area contributed by atoms with E-state index in [1.54, 1.807) is 19.2 Å². The Morgan fingerprint density at radius 3 is 2.70 bits per heavy atom. The molecule has 1 fully saturated rings. The van der Waals surface area contributed by atoms with Crippen molar-refractivity contribution in [3.8, 4) is 0 Å². The van der Waals surface area contributed by atoms with Crippen LogP contribution in [0.4, 0.5) is 10.1 Å². The van der Waals surface area contributed by atoms with Crippen molar-refractivity contribution in [2.24, 2.45) is 4.99 Å². The first kappa shape index (κ1) is 19.2. The molecule has 0 unspecified atom stereocenters. The second-order valence-corrected chi connectivity index (χ2v) is 6.46. The van der Waals surface area contributed by atoms with Crippen LogP contribution in [0.1, 0.15) is 11.1 Å². The van der Waals surface area contributed by atoms with Crippen molar-refractivity contribution in [3.05, 3.63) is 65.5 Å². The van der Waals surface area contributed by atoms with Crippen LogP contribution in [0.2, 0.25) is 0 Å². The van der Waals surface area contributed by atoms with Crippen LogP contribution >= 0.6 is 0 Å². The molecule has 0 spiro atoms. The molecule has 0 saturated carbocycles. The van der Waals surface area contributed by atoms with Gasteiger partial charge in [-0.15, -0.1) is 0 Å². The van der Waals surface area contributed by atoms with E-state index < -0.39 is 0 Å². The lowest BCUT2D eigenvalue weighted by Gasteiger charge is -2.30. The molecule has 2 aromatic rings.